The van der Waals surface area contributed by atoms with Crippen LogP contribution in [0.15, 0.2) is 46.1 Å². The van der Waals surface area contributed by atoms with Gasteiger partial charge in [-0.2, -0.15) is 5.10 Å². The lowest BCUT2D eigenvalue weighted by Crippen LogP contribution is -2.27. The van der Waals surface area contributed by atoms with E-state index in [9.17, 15) is 13.2 Å². The van der Waals surface area contributed by atoms with Gasteiger partial charge in [-0.05, 0) is 30.3 Å². The van der Waals surface area contributed by atoms with Gasteiger partial charge in [-0.1, -0.05) is 20.8 Å². The van der Waals surface area contributed by atoms with Crippen LogP contribution in [0.4, 0.5) is 0 Å². The van der Waals surface area contributed by atoms with Crippen molar-refractivity contribution < 1.29 is 13.2 Å². The maximum Gasteiger partial charge on any atom is 0.266 e. The summed E-state index contributed by atoms with van der Waals surface area (Å²) in [6.07, 6.45) is 1.79. The summed E-state index contributed by atoms with van der Waals surface area (Å²) in [4.78, 5) is 12.2. The fourth-order valence-electron chi connectivity index (χ4n) is 2.20. The van der Waals surface area contributed by atoms with E-state index in [1.165, 1.54) is 23.1 Å². The molecule has 2 aromatic rings. The van der Waals surface area contributed by atoms with Crippen molar-refractivity contribution in [3.8, 4) is 5.75 Å². The molecule has 0 radical (unpaired) electrons. The third-order valence-electron chi connectivity index (χ3n) is 3.67. The molecule has 0 unspecified atom stereocenters. The summed E-state index contributed by atoms with van der Waals surface area (Å²) < 4.78 is 29.9. The van der Waals surface area contributed by atoms with Crippen molar-refractivity contribution in [3.05, 3.63) is 52.4 Å². The van der Waals surface area contributed by atoms with Crippen LogP contribution in [0.25, 0.3) is 0 Å². The molecule has 0 amide bonds. The minimum atomic E-state index is -3.20. The molecule has 1 heterocycles. The quantitative estimate of drug-likeness (QED) is 0.736. The van der Waals surface area contributed by atoms with Crippen molar-refractivity contribution in [1.29, 1.82) is 0 Å². The second-order valence-electron chi connectivity index (χ2n) is 6.98. The van der Waals surface area contributed by atoms with Crippen molar-refractivity contribution in [2.75, 3.05) is 12.9 Å². The predicted molar refractivity (Wildman–Crippen MR) is 96.9 cm³/mol. The number of hydrogen-bond acceptors (Lipinski definition) is 5. The zero-order chi connectivity index (χ0) is 18.7. The molecule has 0 aliphatic carbocycles. The number of aryl methyl sites for hydroxylation is 1. The van der Waals surface area contributed by atoms with E-state index in [1.807, 2.05) is 20.8 Å². The lowest BCUT2D eigenvalue weighted by Gasteiger charge is -2.18. The van der Waals surface area contributed by atoms with Crippen LogP contribution >= 0.6 is 0 Å². The highest BCUT2D eigenvalue weighted by molar-refractivity contribution is 7.90. The molecule has 0 bridgehead atoms. The Morgan fingerprint density at radius 2 is 1.72 bits per heavy atom. The summed E-state index contributed by atoms with van der Waals surface area (Å²) in [5, 5.41) is 4.41. The molecule has 0 aliphatic heterocycles. The Hall–Kier alpha value is -2.15. The average molecular weight is 364 g/mol. The van der Waals surface area contributed by atoms with E-state index >= 15 is 0 Å². The first-order valence-corrected chi connectivity index (χ1v) is 9.98. The third kappa shape index (κ3) is 5.42. The minimum absolute atomic E-state index is 0.118. The molecule has 7 heteroatoms. The lowest BCUT2D eigenvalue weighted by molar-refractivity contribution is 0.296. The Labute approximate surface area is 148 Å². The molecule has 0 aliphatic rings. The van der Waals surface area contributed by atoms with Crippen molar-refractivity contribution in [2.24, 2.45) is 0 Å². The molecule has 0 saturated heterocycles. The summed E-state index contributed by atoms with van der Waals surface area (Å²) in [7, 11) is -3.20. The third-order valence-corrected chi connectivity index (χ3v) is 4.80. The normalized spacial score (nSPS) is 12.2. The zero-order valence-electron chi connectivity index (χ0n) is 15.0. The molecule has 136 valence electrons. The van der Waals surface area contributed by atoms with Gasteiger partial charge >= 0.3 is 0 Å². The minimum Gasteiger partial charge on any atom is -0.494 e. The summed E-state index contributed by atoms with van der Waals surface area (Å²) in [6.45, 7) is 7.02. The molecule has 0 atom stereocenters. The molecule has 0 N–H and O–H groups in total. The smallest absolute Gasteiger partial charge is 0.266 e. The fraction of sp³-hybridized carbons (Fsp3) is 0.444. The van der Waals surface area contributed by atoms with E-state index < -0.39 is 9.84 Å². The van der Waals surface area contributed by atoms with Gasteiger partial charge in [0.2, 0.25) is 0 Å². The van der Waals surface area contributed by atoms with Gasteiger partial charge in [-0.25, -0.2) is 13.1 Å². The number of rotatable bonds is 6. The van der Waals surface area contributed by atoms with Crippen molar-refractivity contribution in [3.63, 3.8) is 0 Å². The number of aromatic nitrogens is 2. The predicted octanol–water partition coefficient (Wildman–Crippen LogP) is 2.41. The van der Waals surface area contributed by atoms with E-state index in [4.69, 9.17) is 4.74 Å². The van der Waals surface area contributed by atoms with Gasteiger partial charge in [0.1, 0.15) is 5.75 Å². The molecule has 0 fully saturated rings. The van der Waals surface area contributed by atoms with Crippen LogP contribution in [0, 0.1) is 0 Å². The molecule has 0 saturated carbocycles. The standard InChI is InChI=1S/C18H24N2O4S/c1-18(2,3)16-10-11-17(21)20(19-16)12-5-13-24-14-6-8-15(9-7-14)25(4,22)23/h6-11H,5,12-13H2,1-4H3. The first-order chi connectivity index (χ1) is 11.6. The van der Waals surface area contributed by atoms with Gasteiger partial charge in [0, 0.05) is 30.7 Å². The second kappa shape index (κ2) is 7.39. The van der Waals surface area contributed by atoms with Crippen molar-refractivity contribution >= 4 is 9.84 Å². The van der Waals surface area contributed by atoms with Gasteiger partial charge in [0.05, 0.1) is 17.2 Å². The maximum atomic E-state index is 11.9. The van der Waals surface area contributed by atoms with Crippen LogP contribution in [-0.4, -0.2) is 31.1 Å². The van der Waals surface area contributed by atoms with Crippen LogP contribution < -0.4 is 10.3 Å². The monoisotopic (exact) mass is 364 g/mol. The summed E-state index contributed by atoms with van der Waals surface area (Å²) in [5.41, 5.74) is 0.614. The van der Waals surface area contributed by atoms with Gasteiger partial charge in [-0.15, -0.1) is 0 Å². The highest BCUT2D eigenvalue weighted by Gasteiger charge is 2.16. The first-order valence-electron chi connectivity index (χ1n) is 8.09. The maximum absolute atomic E-state index is 11.9. The summed E-state index contributed by atoms with van der Waals surface area (Å²) in [6, 6.07) is 9.59. The van der Waals surface area contributed by atoms with Crippen LogP contribution in [-0.2, 0) is 21.8 Å². The zero-order valence-corrected chi connectivity index (χ0v) is 15.8. The van der Waals surface area contributed by atoms with Crippen LogP contribution in [0.5, 0.6) is 5.75 Å². The molecule has 0 spiro atoms. The number of hydrogen-bond donors (Lipinski definition) is 0. The topological polar surface area (TPSA) is 78.3 Å². The Morgan fingerprint density at radius 1 is 1.08 bits per heavy atom. The first kappa shape index (κ1) is 19.2. The molecule has 1 aromatic heterocycles. The fourth-order valence-corrected chi connectivity index (χ4v) is 2.83. The summed E-state index contributed by atoms with van der Waals surface area (Å²) in [5.74, 6) is 0.594. The van der Waals surface area contributed by atoms with Crippen LogP contribution in [0.3, 0.4) is 0 Å². The van der Waals surface area contributed by atoms with E-state index in [0.717, 1.165) is 5.69 Å². The van der Waals surface area contributed by atoms with Crippen molar-refractivity contribution in [1.82, 2.24) is 9.78 Å². The van der Waals surface area contributed by atoms with E-state index in [0.29, 0.717) is 25.3 Å². The summed E-state index contributed by atoms with van der Waals surface area (Å²) >= 11 is 0. The molecule has 6 nitrogen and oxygen atoms in total. The Kier molecular flexibility index (Phi) is 5.67. The Bertz CT molecular complexity index is 879. The number of benzene rings is 1. The molecule has 25 heavy (non-hydrogen) atoms. The van der Waals surface area contributed by atoms with Crippen molar-refractivity contribution in [2.45, 2.75) is 44.0 Å². The molecular weight excluding hydrogens is 340 g/mol. The lowest BCUT2D eigenvalue weighted by atomic mass is 9.92. The Morgan fingerprint density at radius 3 is 2.28 bits per heavy atom. The largest absolute Gasteiger partial charge is 0.494 e. The van der Waals surface area contributed by atoms with Gasteiger partial charge < -0.3 is 4.74 Å². The highest BCUT2D eigenvalue weighted by atomic mass is 32.2. The van der Waals surface area contributed by atoms with E-state index in [1.54, 1.807) is 24.3 Å². The molecule has 2 rings (SSSR count). The van der Waals surface area contributed by atoms with E-state index in [-0.39, 0.29) is 15.9 Å². The van der Waals surface area contributed by atoms with Crippen LogP contribution in [0.1, 0.15) is 32.9 Å². The van der Waals surface area contributed by atoms with Crippen LogP contribution in [0.2, 0.25) is 0 Å². The number of ether oxygens (including phenoxy) is 1. The number of nitrogens with zero attached hydrogens (tertiary/aromatic N) is 2. The van der Waals surface area contributed by atoms with Gasteiger partial charge in [0.15, 0.2) is 9.84 Å². The second-order valence-corrected chi connectivity index (χ2v) is 8.99. The van der Waals surface area contributed by atoms with Gasteiger partial charge in [-0.3, -0.25) is 4.79 Å². The molecular formula is C18H24N2O4S. The highest BCUT2D eigenvalue weighted by Crippen LogP contribution is 2.18. The number of sulfone groups is 1. The Balaban J connectivity index is 1.92. The average Bonchev–Trinajstić information content (AvgIpc) is 2.51. The van der Waals surface area contributed by atoms with Gasteiger partial charge in [0.25, 0.3) is 5.56 Å². The molecule has 1 aromatic carbocycles. The SMILES string of the molecule is CC(C)(C)c1ccc(=O)n(CCCOc2ccc(S(C)(=O)=O)cc2)n1. The van der Waals surface area contributed by atoms with E-state index in [2.05, 4.69) is 5.10 Å².